The van der Waals surface area contributed by atoms with E-state index in [1.807, 2.05) is 13.8 Å². The Morgan fingerprint density at radius 3 is 2.44 bits per heavy atom. The summed E-state index contributed by atoms with van der Waals surface area (Å²) in [7, 11) is -2.01. The Balaban J connectivity index is 2.85. The average Bonchev–Trinajstić information content (AvgIpc) is 2.52. The molecule has 0 saturated heterocycles. The number of rotatable bonds is 9. The molecule has 1 rings (SSSR count). The van der Waals surface area contributed by atoms with Crippen molar-refractivity contribution in [1.82, 2.24) is 10.0 Å². The number of sulfonamides is 1. The van der Waals surface area contributed by atoms with Gasteiger partial charge >= 0.3 is 0 Å². The molecule has 1 amide bonds. The van der Waals surface area contributed by atoms with Gasteiger partial charge in [0.25, 0.3) is 0 Å². The van der Waals surface area contributed by atoms with Crippen LogP contribution in [0.25, 0.3) is 0 Å². The Morgan fingerprint density at radius 2 is 1.96 bits per heavy atom. The van der Waals surface area contributed by atoms with Crippen molar-refractivity contribution in [3.63, 3.8) is 0 Å². The van der Waals surface area contributed by atoms with Crippen LogP contribution in [0.15, 0.2) is 18.2 Å². The van der Waals surface area contributed by atoms with Crippen LogP contribution in [-0.4, -0.2) is 40.3 Å². The summed E-state index contributed by atoms with van der Waals surface area (Å²) >= 11 is 12.1. The van der Waals surface area contributed by atoms with Gasteiger partial charge in [0.05, 0.1) is 6.26 Å². The fourth-order valence-electron chi connectivity index (χ4n) is 2.28. The van der Waals surface area contributed by atoms with Crippen molar-refractivity contribution in [2.24, 2.45) is 5.92 Å². The van der Waals surface area contributed by atoms with Crippen LogP contribution in [0.2, 0.25) is 10.0 Å². The molecule has 9 heteroatoms. The van der Waals surface area contributed by atoms with E-state index in [1.165, 1.54) is 7.11 Å². The quantitative estimate of drug-likeness (QED) is 0.655. The van der Waals surface area contributed by atoms with Crippen LogP contribution in [0.1, 0.15) is 31.9 Å². The summed E-state index contributed by atoms with van der Waals surface area (Å²) in [5.41, 5.74) is 0.685. The molecule has 0 fully saturated rings. The van der Waals surface area contributed by atoms with Crippen molar-refractivity contribution < 1.29 is 17.9 Å². The number of hydrogen-bond acceptors (Lipinski definition) is 4. The van der Waals surface area contributed by atoms with E-state index in [1.54, 1.807) is 18.2 Å². The van der Waals surface area contributed by atoms with Gasteiger partial charge in [-0.25, -0.2) is 13.1 Å². The van der Waals surface area contributed by atoms with Gasteiger partial charge in [-0.1, -0.05) is 49.5 Å². The highest BCUT2D eigenvalue weighted by Gasteiger charge is 2.27. The van der Waals surface area contributed by atoms with E-state index in [0.29, 0.717) is 22.0 Å². The van der Waals surface area contributed by atoms with Crippen LogP contribution >= 0.6 is 23.2 Å². The lowest BCUT2D eigenvalue weighted by Crippen LogP contribution is -2.50. The first-order valence-electron chi connectivity index (χ1n) is 7.81. The van der Waals surface area contributed by atoms with Gasteiger partial charge in [-0.2, -0.15) is 0 Å². The molecule has 0 radical (unpaired) electrons. The maximum atomic E-state index is 12.5. The molecule has 3 unspecified atom stereocenters. The van der Waals surface area contributed by atoms with Gasteiger partial charge in [-0.3, -0.25) is 4.79 Å². The standard InChI is InChI=1S/C16H24Cl2N2O4S/c1-5-10(2)15(20-25(4,22)23)16(21)19-9-14(24-3)12-7-6-11(17)8-13(12)18/h6-8,10,14-15,20H,5,9H2,1-4H3,(H,19,21). The minimum atomic E-state index is -3.51. The van der Waals surface area contributed by atoms with E-state index in [2.05, 4.69) is 10.0 Å². The normalized spacial score (nSPS) is 15.4. The zero-order valence-corrected chi connectivity index (χ0v) is 17.0. The third-order valence-corrected chi connectivity index (χ3v) is 5.14. The van der Waals surface area contributed by atoms with Gasteiger partial charge in [0.2, 0.25) is 15.9 Å². The van der Waals surface area contributed by atoms with E-state index in [9.17, 15) is 13.2 Å². The highest BCUT2D eigenvalue weighted by atomic mass is 35.5. The number of nitrogens with one attached hydrogen (secondary N) is 2. The predicted octanol–water partition coefficient (Wildman–Crippen LogP) is 2.76. The predicted molar refractivity (Wildman–Crippen MR) is 100 cm³/mol. The molecule has 0 spiro atoms. The Morgan fingerprint density at radius 1 is 1.32 bits per heavy atom. The van der Waals surface area contributed by atoms with Crippen LogP contribution in [0.3, 0.4) is 0 Å². The maximum absolute atomic E-state index is 12.5. The fourth-order valence-corrected chi connectivity index (χ4v) is 3.61. The number of methoxy groups -OCH3 is 1. The molecule has 0 heterocycles. The minimum Gasteiger partial charge on any atom is -0.375 e. The van der Waals surface area contributed by atoms with Crippen molar-refractivity contribution >= 4 is 39.1 Å². The topological polar surface area (TPSA) is 84.5 Å². The summed E-state index contributed by atoms with van der Waals surface area (Å²) in [5.74, 6) is -0.568. The number of benzene rings is 1. The number of carbonyl (C=O) groups excluding carboxylic acids is 1. The minimum absolute atomic E-state index is 0.148. The zero-order valence-electron chi connectivity index (χ0n) is 14.7. The highest BCUT2D eigenvalue weighted by Crippen LogP contribution is 2.27. The average molecular weight is 411 g/mol. The fraction of sp³-hybridized carbons (Fsp3) is 0.562. The third kappa shape index (κ3) is 7.11. The van der Waals surface area contributed by atoms with Crippen LogP contribution in [0.4, 0.5) is 0 Å². The summed E-state index contributed by atoms with van der Waals surface area (Å²) in [4.78, 5) is 12.5. The number of amides is 1. The van der Waals surface area contributed by atoms with Gasteiger partial charge in [0.15, 0.2) is 0 Å². The second kappa shape index (κ2) is 9.73. The summed E-state index contributed by atoms with van der Waals surface area (Å²) < 4.78 is 30.8. The molecule has 0 aromatic heterocycles. The lowest BCUT2D eigenvalue weighted by molar-refractivity contribution is -0.124. The van der Waals surface area contributed by atoms with E-state index in [0.717, 1.165) is 6.26 Å². The van der Waals surface area contributed by atoms with Gasteiger partial charge in [0.1, 0.15) is 12.1 Å². The number of ether oxygens (including phenoxy) is 1. The SMILES string of the molecule is CCC(C)C(NS(C)(=O)=O)C(=O)NCC(OC)c1ccc(Cl)cc1Cl. The second-order valence-electron chi connectivity index (χ2n) is 5.89. The van der Waals surface area contributed by atoms with Crippen molar-refractivity contribution in [3.05, 3.63) is 33.8 Å². The highest BCUT2D eigenvalue weighted by molar-refractivity contribution is 7.88. The molecule has 25 heavy (non-hydrogen) atoms. The van der Waals surface area contributed by atoms with Gasteiger partial charge in [-0.15, -0.1) is 0 Å². The molecule has 142 valence electrons. The molecule has 6 nitrogen and oxygen atoms in total. The molecular weight excluding hydrogens is 387 g/mol. The molecule has 1 aromatic carbocycles. The van der Waals surface area contributed by atoms with Gasteiger partial charge in [-0.05, 0) is 18.1 Å². The van der Waals surface area contributed by atoms with Gasteiger partial charge < -0.3 is 10.1 Å². The van der Waals surface area contributed by atoms with Crippen LogP contribution in [0, 0.1) is 5.92 Å². The number of carbonyl (C=O) groups is 1. The van der Waals surface area contributed by atoms with E-state index in [-0.39, 0.29) is 12.5 Å². The van der Waals surface area contributed by atoms with Crippen molar-refractivity contribution in [1.29, 1.82) is 0 Å². The van der Waals surface area contributed by atoms with Crippen LogP contribution in [0.5, 0.6) is 0 Å². The summed E-state index contributed by atoms with van der Waals surface area (Å²) in [6.45, 7) is 3.85. The van der Waals surface area contributed by atoms with Crippen molar-refractivity contribution in [2.45, 2.75) is 32.4 Å². The molecule has 3 atom stereocenters. The first-order chi connectivity index (χ1) is 11.6. The molecular formula is C16H24Cl2N2O4S. The molecule has 0 aliphatic rings. The van der Waals surface area contributed by atoms with Crippen molar-refractivity contribution in [3.8, 4) is 0 Å². The summed E-state index contributed by atoms with van der Waals surface area (Å²) in [6, 6.07) is 4.16. The molecule has 0 aliphatic heterocycles. The lowest BCUT2D eigenvalue weighted by Gasteiger charge is -2.24. The first-order valence-corrected chi connectivity index (χ1v) is 10.5. The first kappa shape index (κ1) is 22.2. The Kier molecular flexibility index (Phi) is 8.63. The number of hydrogen-bond donors (Lipinski definition) is 2. The zero-order chi connectivity index (χ0) is 19.2. The monoisotopic (exact) mass is 410 g/mol. The Bertz CT molecular complexity index is 697. The van der Waals surface area contributed by atoms with Gasteiger partial charge in [0, 0.05) is 29.3 Å². The maximum Gasteiger partial charge on any atom is 0.238 e. The number of halogens is 2. The molecule has 0 aliphatic carbocycles. The lowest BCUT2D eigenvalue weighted by atomic mass is 9.99. The Hall–Kier alpha value is -0.860. The largest absolute Gasteiger partial charge is 0.375 e. The van der Waals surface area contributed by atoms with E-state index >= 15 is 0 Å². The van der Waals surface area contributed by atoms with E-state index < -0.39 is 28.1 Å². The van der Waals surface area contributed by atoms with E-state index in [4.69, 9.17) is 27.9 Å². The van der Waals surface area contributed by atoms with Crippen LogP contribution < -0.4 is 10.0 Å². The molecule has 0 saturated carbocycles. The van der Waals surface area contributed by atoms with Crippen molar-refractivity contribution in [2.75, 3.05) is 19.9 Å². The summed E-state index contributed by atoms with van der Waals surface area (Å²) in [6.07, 6.45) is 1.20. The molecule has 1 aromatic rings. The Labute approximate surface area is 159 Å². The third-order valence-electron chi connectivity index (χ3n) is 3.89. The smallest absolute Gasteiger partial charge is 0.238 e. The summed E-state index contributed by atoms with van der Waals surface area (Å²) in [5, 5.41) is 3.66. The second-order valence-corrected chi connectivity index (χ2v) is 8.51. The molecule has 0 bridgehead atoms. The van der Waals surface area contributed by atoms with Crippen LogP contribution in [-0.2, 0) is 19.6 Å². The molecule has 2 N–H and O–H groups in total.